The molecule has 1 aliphatic rings. The van der Waals surface area contributed by atoms with Gasteiger partial charge in [0.05, 0.1) is 26.4 Å². The van der Waals surface area contributed by atoms with Crippen LogP contribution in [0.15, 0.2) is 34.5 Å². The Kier molecular flexibility index (Phi) is 15.7. The molecule has 0 fully saturated rings. The average molecular weight is 556 g/mol. The van der Waals surface area contributed by atoms with Gasteiger partial charge in [0.15, 0.2) is 0 Å². The maximum Gasteiger partial charge on any atom is 0.336 e. The van der Waals surface area contributed by atoms with Crippen LogP contribution in [0.1, 0.15) is 128 Å². The standard InChI is InChI=1S/C34H53NO5/c1-7-9-10-11-12-13-14-15-16-17-18-19-20-22-27-23-21-24-28(40-8-2)31(27)32-29(33(36)38-5)25(3)35-26(4)30(32)34(37)39-6/h21,23-24,29,32H,7-20,22H2,1-6H3. The maximum atomic E-state index is 13.1. The molecule has 0 amide bonds. The van der Waals surface area contributed by atoms with E-state index in [1.54, 1.807) is 6.92 Å². The number of aliphatic imine (C=N–C) groups is 1. The summed E-state index contributed by atoms with van der Waals surface area (Å²) in [6, 6.07) is 6.02. The van der Waals surface area contributed by atoms with Gasteiger partial charge in [-0.25, -0.2) is 4.79 Å². The van der Waals surface area contributed by atoms with Gasteiger partial charge in [-0.1, -0.05) is 96.1 Å². The van der Waals surface area contributed by atoms with E-state index >= 15 is 0 Å². The van der Waals surface area contributed by atoms with Crippen molar-refractivity contribution in [1.82, 2.24) is 0 Å². The van der Waals surface area contributed by atoms with Gasteiger partial charge in [-0.15, -0.1) is 0 Å². The number of methoxy groups -OCH3 is 2. The summed E-state index contributed by atoms with van der Waals surface area (Å²) in [5.74, 6) is -1.52. The Bertz CT molecular complexity index is 996. The van der Waals surface area contributed by atoms with E-state index in [0.717, 1.165) is 30.4 Å². The quantitative estimate of drug-likeness (QED) is 0.126. The van der Waals surface area contributed by atoms with Crippen LogP contribution in [-0.2, 0) is 25.5 Å². The summed E-state index contributed by atoms with van der Waals surface area (Å²) in [7, 11) is 2.74. The van der Waals surface area contributed by atoms with Crippen molar-refractivity contribution in [2.24, 2.45) is 10.9 Å². The van der Waals surface area contributed by atoms with Crippen LogP contribution >= 0.6 is 0 Å². The van der Waals surface area contributed by atoms with Crippen molar-refractivity contribution >= 4 is 17.7 Å². The number of nitrogens with zero attached hydrogens (tertiary/aromatic N) is 1. The summed E-state index contributed by atoms with van der Waals surface area (Å²) < 4.78 is 16.4. The molecule has 1 aromatic rings. The molecule has 0 N–H and O–H groups in total. The Morgan fingerprint density at radius 1 is 0.800 bits per heavy atom. The summed E-state index contributed by atoms with van der Waals surface area (Å²) >= 11 is 0. The van der Waals surface area contributed by atoms with Gasteiger partial charge in [-0.05, 0) is 45.2 Å². The van der Waals surface area contributed by atoms with Gasteiger partial charge in [0.25, 0.3) is 0 Å². The summed E-state index contributed by atoms with van der Waals surface area (Å²) in [6.07, 6.45) is 17.8. The summed E-state index contributed by atoms with van der Waals surface area (Å²) in [4.78, 5) is 30.7. The minimum absolute atomic E-state index is 0.391. The van der Waals surface area contributed by atoms with Crippen LogP contribution in [0.5, 0.6) is 5.75 Å². The van der Waals surface area contributed by atoms with Crippen LogP contribution in [0.2, 0.25) is 0 Å². The van der Waals surface area contributed by atoms with Gasteiger partial charge in [-0.3, -0.25) is 9.79 Å². The predicted octanol–water partition coefficient (Wildman–Crippen LogP) is 8.51. The number of carbonyl (C=O) groups excluding carboxylic acids is 2. The fourth-order valence-electron chi connectivity index (χ4n) is 5.93. The molecule has 2 rings (SSSR count). The molecule has 6 heteroatoms. The Hall–Kier alpha value is -2.63. The molecule has 1 heterocycles. The van der Waals surface area contributed by atoms with E-state index in [2.05, 4.69) is 18.0 Å². The van der Waals surface area contributed by atoms with Crippen molar-refractivity contribution in [2.75, 3.05) is 20.8 Å². The highest BCUT2D eigenvalue weighted by molar-refractivity contribution is 6.07. The van der Waals surface area contributed by atoms with Gasteiger partial charge in [-0.2, -0.15) is 0 Å². The molecule has 1 aliphatic heterocycles. The number of allylic oxidation sites excluding steroid dienone is 1. The van der Waals surface area contributed by atoms with Gasteiger partial charge in [0.2, 0.25) is 0 Å². The number of ether oxygens (including phenoxy) is 3. The second kappa shape index (κ2) is 18.7. The Morgan fingerprint density at radius 2 is 1.38 bits per heavy atom. The number of unbranched alkanes of at least 4 members (excludes halogenated alkanes) is 12. The van der Waals surface area contributed by atoms with E-state index in [1.807, 2.05) is 26.0 Å². The molecule has 40 heavy (non-hydrogen) atoms. The monoisotopic (exact) mass is 555 g/mol. The van der Waals surface area contributed by atoms with Crippen molar-refractivity contribution in [3.05, 3.63) is 40.6 Å². The molecule has 0 aromatic heterocycles. The Labute approximate surface area is 243 Å². The van der Waals surface area contributed by atoms with E-state index < -0.39 is 23.8 Å². The van der Waals surface area contributed by atoms with Crippen LogP contribution in [0.25, 0.3) is 0 Å². The SMILES string of the molecule is CCCCCCCCCCCCCCCc1cccc(OCC)c1C1C(C(=O)OC)=C(C)N=C(C)C1C(=O)OC. The van der Waals surface area contributed by atoms with Crippen molar-refractivity contribution in [3.8, 4) is 5.75 Å². The molecule has 0 spiro atoms. The first-order valence-corrected chi connectivity index (χ1v) is 15.6. The van der Waals surface area contributed by atoms with Crippen LogP contribution < -0.4 is 4.74 Å². The third-order valence-electron chi connectivity index (χ3n) is 8.01. The predicted molar refractivity (Wildman–Crippen MR) is 163 cm³/mol. The number of carbonyl (C=O) groups is 2. The molecule has 6 nitrogen and oxygen atoms in total. The topological polar surface area (TPSA) is 74.2 Å². The maximum absolute atomic E-state index is 13.1. The Morgan fingerprint density at radius 3 is 1.90 bits per heavy atom. The second-order valence-corrected chi connectivity index (χ2v) is 11.0. The van der Waals surface area contributed by atoms with Gasteiger partial charge >= 0.3 is 11.9 Å². The summed E-state index contributed by atoms with van der Waals surface area (Å²) in [6.45, 7) is 8.31. The normalized spacial score (nSPS) is 17.0. The highest BCUT2D eigenvalue weighted by Gasteiger charge is 2.44. The van der Waals surface area contributed by atoms with E-state index in [-0.39, 0.29) is 0 Å². The zero-order valence-electron chi connectivity index (χ0n) is 26.0. The summed E-state index contributed by atoms with van der Waals surface area (Å²) in [5, 5.41) is 0. The second-order valence-electron chi connectivity index (χ2n) is 11.0. The highest BCUT2D eigenvalue weighted by Crippen LogP contribution is 2.45. The lowest BCUT2D eigenvalue weighted by Gasteiger charge is -2.33. The molecular formula is C34H53NO5. The number of hydrogen-bond donors (Lipinski definition) is 0. The number of aryl methyl sites for hydroxylation is 1. The zero-order valence-corrected chi connectivity index (χ0v) is 26.0. The van der Waals surface area contributed by atoms with E-state index in [9.17, 15) is 9.59 Å². The lowest BCUT2D eigenvalue weighted by atomic mass is 9.73. The molecule has 0 aliphatic carbocycles. The molecule has 2 atom stereocenters. The molecule has 0 radical (unpaired) electrons. The number of rotatable bonds is 19. The van der Waals surface area contributed by atoms with Gasteiger partial charge in [0.1, 0.15) is 11.7 Å². The van der Waals surface area contributed by atoms with Gasteiger partial charge < -0.3 is 14.2 Å². The molecule has 0 saturated carbocycles. The van der Waals surface area contributed by atoms with Crippen molar-refractivity contribution in [2.45, 2.75) is 124 Å². The number of esters is 2. The molecule has 1 aromatic carbocycles. The smallest absolute Gasteiger partial charge is 0.336 e. The van der Waals surface area contributed by atoms with Crippen molar-refractivity contribution in [1.29, 1.82) is 0 Å². The average Bonchev–Trinajstić information content (AvgIpc) is 2.94. The Balaban J connectivity index is 2.11. The number of hydrogen-bond acceptors (Lipinski definition) is 6. The van der Waals surface area contributed by atoms with E-state index in [4.69, 9.17) is 14.2 Å². The highest BCUT2D eigenvalue weighted by atomic mass is 16.5. The lowest BCUT2D eigenvalue weighted by molar-refractivity contribution is -0.143. The fraction of sp³-hybridized carbons (Fsp3) is 0.676. The van der Waals surface area contributed by atoms with E-state index in [1.165, 1.54) is 84.8 Å². The molecule has 0 bridgehead atoms. The fourth-order valence-corrected chi connectivity index (χ4v) is 5.93. The number of benzene rings is 1. The summed E-state index contributed by atoms with van der Waals surface area (Å²) in [5.41, 5.74) is 3.54. The van der Waals surface area contributed by atoms with Crippen molar-refractivity contribution < 1.29 is 23.8 Å². The first-order valence-electron chi connectivity index (χ1n) is 15.6. The minimum atomic E-state index is -0.727. The third-order valence-corrected chi connectivity index (χ3v) is 8.01. The van der Waals surface area contributed by atoms with Crippen LogP contribution in [0.4, 0.5) is 0 Å². The first-order chi connectivity index (χ1) is 19.4. The van der Waals surface area contributed by atoms with Crippen LogP contribution in [-0.4, -0.2) is 38.5 Å². The van der Waals surface area contributed by atoms with Crippen molar-refractivity contribution in [3.63, 3.8) is 0 Å². The van der Waals surface area contributed by atoms with Crippen LogP contribution in [0, 0.1) is 5.92 Å². The molecule has 0 saturated heterocycles. The molecule has 224 valence electrons. The molecule has 2 unspecified atom stereocenters. The zero-order chi connectivity index (χ0) is 29.3. The van der Waals surface area contributed by atoms with E-state index in [0.29, 0.717) is 29.3 Å². The lowest BCUT2D eigenvalue weighted by Crippen LogP contribution is -2.36. The van der Waals surface area contributed by atoms with Crippen LogP contribution in [0.3, 0.4) is 0 Å². The molecular weight excluding hydrogens is 502 g/mol. The third kappa shape index (κ3) is 9.78. The van der Waals surface area contributed by atoms with Gasteiger partial charge in [0, 0.05) is 22.9 Å². The minimum Gasteiger partial charge on any atom is -0.494 e. The largest absolute Gasteiger partial charge is 0.494 e. The first kappa shape index (κ1) is 33.6.